The molecule has 0 saturated carbocycles. The summed E-state index contributed by atoms with van der Waals surface area (Å²) in [5.41, 5.74) is 3.13. The second kappa shape index (κ2) is 9.68. The molecule has 7 nitrogen and oxygen atoms in total. The smallest absolute Gasteiger partial charge is 0.243 e. The van der Waals surface area contributed by atoms with E-state index in [1.165, 1.54) is 18.3 Å². The number of hydrogen-bond acceptors (Lipinski definition) is 6. The maximum absolute atomic E-state index is 12.9. The van der Waals surface area contributed by atoms with E-state index < -0.39 is 12.1 Å². The molecule has 4 rings (SSSR count). The van der Waals surface area contributed by atoms with Gasteiger partial charge in [0.2, 0.25) is 11.8 Å². The molecule has 2 atom stereocenters. The summed E-state index contributed by atoms with van der Waals surface area (Å²) in [7, 11) is 0. The summed E-state index contributed by atoms with van der Waals surface area (Å²) in [4.78, 5) is 30.8. The Morgan fingerprint density at radius 2 is 2.06 bits per heavy atom. The van der Waals surface area contributed by atoms with Gasteiger partial charge in [-0.2, -0.15) is 0 Å². The fourth-order valence-corrected chi connectivity index (χ4v) is 4.80. The van der Waals surface area contributed by atoms with E-state index >= 15 is 0 Å². The van der Waals surface area contributed by atoms with Gasteiger partial charge >= 0.3 is 0 Å². The van der Waals surface area contributed by atoms with Gasteiger partial charge in [0, 0.05) is 48.1 Å². The topological polar surface area (TPSA) is 94.6 Å². The summed E-state index contributed by atoms with van der Waals surface area (Å²) in [5.74, 6) is -0.316. The molecular weight excluding hydrogens is 448 g/mol. The monoisotopic (exact) mass is 470 g/mol. The van der Waals surface area contributed by atoms with E-state index in [0.29, 0.717) is 35.4 Å². The first-order valence-corrected chi connectivity index (χ1v) is 11.5. The third kappa shape index (κ3) is 5.09. The van der Waals surface area contributed by atoms with Crippen LogP contribution in [0.4, 0.5) is 10.8 Å². The average Bonchev–Trinajstić information content (AvgIpc) is 3.39. The molecule has 2 amide bonds. The van der Waals surface area contributed by atoms with Gasteiger partial charge in [0.25, 0.3) is 0 Å². The number of carbonyl (C=O) groups is 2. The number of hydrogen-bond donors (Lipinski definition) is 3. The number of β-amino-alcohol motifs (C(OH)–C–C–N with tert-alkyl or cyclic N) is 1. The standard InChI is InChI=1S/C23H23ClN4O3S/c1-14(29)26-17-7-4-6-15(9-17)20-13-32-23(27-20)28-12-18(30)10-21(28)22(31)25-11-16-5-2-3-8-19(16)24/h2-9,13,18,21,30H,10-12H2,1H3,(H,25,31)(H,26,29)/t18?,21-/m0/s1. The molecular formula is C23H23ClN4O3S. The van der Waals surface area contributed by atoms with Crippen LogP contribution in [-0.4, -0.2) is 40.6 Å². The molecule has 0 radical (unpaired) electrons. The van der Waals surface area contributed by atoms with Crippen LogP contribution in [-0.2, 0) is 16.1 Å². The Morgan fingerprint density at radius 1 is 1.25 bits per heavy atom. The van der Waals surface area contributed by atoms with E-state index in [2.05, 4.69) is 10.6 Å². The number of aliphatic hydroxyl groups excluding tert-OH is 1. The van der Waals surface area contributed by atoms with Crippen LogP contribution in [0.2, 0.25) is 5.02 Å². The highest BCUT2D eigenvalue weighted by Crippen LogP contribution is 2.33. The van der Waals surface area contributed by atoms with Gasteiger partial charge in [0.05, 0.1) is 11.8 Å². The summed E-state index contributed by atoms with van der Waals surface area (Å²) in [6, 6.07) is 14.3. The van der Waals surface area contributed by atoms with Crippen molar-refractivity contribution in [3.05, 3.63) is 64.5 Å². The molecule has 0 bridgehead atoms. The van der Waals surface area contributed by atoms with Crippen LogP contribution < -0.4 is 15.5 Å². The predicted octanol–water partition coefficient (Wildman–Crippen LogP) is 3.68. The molecule has 3 N–H and O–H groups in total. The van der Waals surface area contributed by atoms with E-state index in [1.54, 1.807) is 6.07 Å². The van der Waals surface area contributed by atoms with Crippen molar-refractivity contribution in [1.29, 1.82) is 0 Å². The van der Waals surface area contributed by atoms with Crippen molar-refractivity contribution in [3.8, 4) is 11.3 Å². The maximum Gasteiger partial charge on any atom is 0.243 e. The first-order chi connectivity index (χ1) is 15.4. The molecule has 1 unspecified atom stereocenters. The number of aliphatic hydroxyl groups is 1. The number of aromatic nitrogens is 1. The zero-order chi connectivity index (χ0) is 22.7. The van der Waals surface area contributed by atoms with Gasteiger partial charge in [-0.05, 0) is 23.8 Å². The minimum atomic E-state index is -0.610. The Labute approximate surface area is 195 Å². The van der Waals surface area contributed by atoms with Gasteiger partial charge in [0.1, 0.15) is 6.04 Å². The number of nitrogens with one attached hydrogen (secondary N) is 2. The molecule has 1 aliphatic rings. The molecule has 1 fully saturated rings. The molecule has 0 spiro atoms. The SMILES string of the molecule is CC(=O)Nc1cccc(-c2csc(N3CC(O)C[C@H]3C(=O)NCc3ccccc3Cl)n2)c1. The van der Waals surface area contributed by atoms with Crippen LogP contribution in [0.3, 0.4) is 0 Å². The first kappa shape index (κ1) is 22.3. The lowest BCUT2D eigenvalue weighted by molar-refractivity contribution is -0.122. The number of rotatable bonds is 6. The van der Waals surface area contributed by atoms with Gasteiger partial charge < -0.3 is 20.6 Å². The quantitative estimate of drug-likeness (QED) is 0.511. The van der Waals surface area contributed by atoms with Crippen LogP contribution in [0.5, 0.6) is 0 Å². The van der Waals surface area contributed by atoms with Crippen LogP contribution >= 0.6 is 22.9 Å². The first-order valence-electron chi connectivity index (χ1n) is 10.2. The molecule has 1 aliphatic heterocycles. The normalized spacial score (nSPS) is 17.9. The lowest BCUT2D eigenvalue weighted by Crippen LogP contribution is -2.43. The highest BCUT2D eigenvalue weighted by atomic mass is 35.5. The van der Waals surface area contributed by atoms with Crippen LogP contribution in [0.1, 0.15) is 18.9 Å². The second-order valence-electron chi connectivity index (χ2n) is 7.64. The van der Waals surface area contributed by atoms with Crippen molar-refractivity contribution in [2.24, 2.45) is 0 Å². The average molecular weight is 471 g/mol. The molecule has 1 saturated heterocycles. The molecule has 32 heavy (non-hydrogen) atoms. The Bertz CT molecular complexity index is 1140. The number of anilines is 2. The largest absolute Gasteiger partial charge is 0.391 e. The van der Waals surface area contributed by atoms with Crippen LogP contribution in [0.25, 0.3) is 11.3 Å². The Morgan fingerprint density at radius 3 is 2.84 bits per heavy atom. The van der Waals surface area contributed by atoms with E-state index in [0.717, 1.165) is 16.8 Å². The van der Waals surface area contributed by atoms with Crippen molar-refractivity contribution >= 4 is 45.6 Å². The number of nitrogens with zero attached hydrogens (tertiary/aromatic N) is 2. The molecule has 3 aromatic rings. The lowest BCUT2D eigenvalue weighted by Gasteiger charge is -2.23. The fraction of sp³-hybridized carbons (Fsp3) is 0.261. The zero-order valence-electron chi connectivity index (χ0n) is 17.4. The zero-order valence-corrected chi connectivity index (χ0v) is 19.0. The maximum atomic E-state index is 12.9. The Kier molecular flexibility index (Phi) is 6.74. The minimum absolute atomic E-state index is 0.141. The number of benzene rings is 2. The number of halogens is 1. The van der Waals surface area contributed by atoms with Gasteiger partial charge in [0.15, 0.2) is 5.13 Å². The third-order valence-corrected chi connectivity index (χ3v) is 6.46. The van der Waals surface area contributed by atoms with Crippen molar-refractivity contribution in [1.82, 2.24) is 10.3 Å². The minimum Gasteiger partial charge on any atom is -0.391 e. The molecule has 0 aliphatic carbocycles. The molecule has 2 aromatic carbocycles. The van der Waals surface area contributed by atoms with Crippen LogP contribution in [0.15, 0.2) is 53.9 Å². The molecule has 1 aromatic heterocycles. The van der Waals surface area contributed by atoms with E-state index in [9.17, 15) is 14.7 Å². The van der Waals surface area contributed by atoms with E-state index in [1.807, 2.05) is 52.7 Å². The van der Waals surface area contributed by atoms with E-state index in [-0.39, 0.29) is 11.8 Å². The summed E-state index contributed by atoms with van der Waals surface area (Å²) >= 11 is 7.60. The number of thiazole rings is 1. The van der Waals surface area contributed by atoms with Gasteiger partial charge in [-0.25, -0.2) is 4.98 Å². The highest BCUT2D eigenvalue weighted by molar-refractivity contribution is 7.14. The Balaban J connectivity index is 1.49. The van der Waals surface area contributed by atoms with Crippen molar-refractivity contribution in [2.75, 3.05) is 16.8 Å². The van der Waals surface area contributed by atoms with Gasteiger partial charge in [-0.1, -0.05) is 41.9 Å². The highest BCUT2D eigenvalue weighted by Gasteiger charge is 2.37. The van der Waals surface area contributed by atoms with Crippen molar-refractivity contribution in [3.63, 3.8) is 0 Å². The summed E-state index contributed by atoms with van der Waals surface area (Å²) in [6.07, 6.45) is -0.275. The summed E-state index contributed by atoms with van der Waals surface area (Å²) in [5, 5.41) is 19.1. The van der Waals surface area contributed by atoms with Crippen LogP contribution in [0, 0.1) is 0 Å². The predicted molar refractivity (Wildman–Crippen MR) is 127 cm³/mol. The van der Waals surface area contributed by atoms with E-state index in [4.69, 9.17) is 16.6 Å². The molecule has 9 heteroatoms. The number of amides is 2. The third-order valence-electron chi connectivity index (χ3n) is 5.21. The van der Waals surface area contributed by atoms with Gasteiger partial charge in [-0.15, -0.1) is 11.3 Å². The molecule has 166 valence electrons. The van der Waals surface area contributed by atoms with Crippen molar-refractivity contribution < 1.29 is 14.7 Å². The van der Waals surface area contributed by atoms with Gasteiger partial charge in [-0.3, -0.25) is 9.59 Å². The lowest BCUT2D eigenvalue weighted by atomic mass is 10.1. The summed E-state index contributed by atoms with van der Waals surface area (Å²) < 4.78 is 0. The Hall–Kier alpha value is -2.94. The molecule has 2 heterocycles. The summed E-state index contributed by atoms with van der Waals surface area (Å²) in [6.45, 7) is 2.12. The van der Waals surface area contributed by atoms with Crippen molar-refractivity contribution in [2.45, 2.75) is 32.0 Å². The second-order valence-corrected chi connectivity index (χ2v) is 8.89. The number of carbonyl (C=O) groups excluding carboxylic acids is 2. The fourth-order valence-electron chi connectivity index (χ4n) is 3.70.